The lowest BCUT2D eigenvalue weighted by molar-refractivity contribution is -0.135. The largest absolute Gasteiger partial charge is 0.489 e. The number of aryl methyl sites for hydroxylation is 1. The zero-order valence-electron chi connectivity index (χ0n) is 24.5. The Kier molecular flexibility index (Phi) is 8.37. The Morgan fingerprint density at radius 3 is 2.59 bits per heavy atom. The first kappa shape index (κ1) is 29.8. The van der Waals surface area contributed by atoms with Crippen LogP contribution in [0, 0.1) is 0 Å². The van der Waals surface area contributed by atoms with Gasteiger partial charge in [-0.05, 0) is 82.5 Å². The maximum absolute atomic E-state index is 13.1. The van der Waals surface area contributed by atoms with Gasteiger partial charge in [-0.3, -0.25) is 24.5 Å². The van der Waals surface area contributed by atoms with Crippen molar-refractivity contribution in [2.75, 3.05) is 25.5 Å². The number of nitrogens with one attached hydrogen (secondary N) is 2. The Labute approximate surface area is 261 Å². The predicted octanol–water partition coefficient (Wildman–Crippen LogP) is 3.31. The number of rotatable bonds is 7. The Bertz CT molecular complexity index is 1850. The third-order valence-electron chi connectivity index (χ3n) is 8.38. The SMILES string of the molecule is CN1C[C@H](Nc2cnn(C)c(=O)c2Br)C[C@H](c2ccc(COc3ccc4c(=O)n(C5CCC(=O)NC5=O)ccc4c3)cc2)C1. The van der Waals surface area contributed by atoms with Crippen LogP contribution in [0.3, 0.4) is 0 Å². The number of carbonyl (C=O) groups excluding carboxylic acids is 2. The molecule has 2 saturated heterocycles. The second kappa shape index (κ2) is 12.4. The van der Waals surface area contributed by atoms with Crippen LogP contribution in [-0.2, 0) is 23.2 Å². The number of piperidine rings is 2. The van der Waals surface area contributed by atoms with Gasteiger partial charge in [-0.15, -0.1) is 0 Å². The van der Waals surface area contributed by atoms with E-state index in [2.05, 4.69) is 67.9 Å². The molecule has 2 aliphatic heterocycles. The van der Waals surface area contributed by atoms with Crippen molar-refractivity contribution in [1.82, 2.24) is 24.6 Å². The summed E-state index contributed by atoms with van der Waals surface area (Å²) in [7, 11) is 3.73. The van der Waals surface area contributed by atoms with Crippen molar-refractivity contribution in [2.24, 2.45) is 7.05 Å². The van der Waals surface area contributed by atoms with E-state index in [1.807, 2.05) is 6.07 Å². The molecule has 2 amide bonds. The number of ether oxygens (including phenoxy) is 1. The topological polar surface area (TPSA) is 128 Å². The summed E-state index contributed by atoms with van der Waals surface area (Å²) in [6, 6.07) is 15.0. The van der Waals surface area contributed by atoms with E-state index in [4.69, 9.17) is 4.74 Å². The number of nitrogens with zero attached hydrogens (tertiary/aromatic N) is 4. The average molecular weight is 662 g/mol. The minimum Gasteiger partial charge on any atom is -0.489 e. The molecule has 0 saturated carbocycles. The third kappa shape index (κ3) is 6.18. The van der Waals surface area contributed by atoms with Gasteiger partial charge in [-0.25, -0.2) is 4.68 Å². The lowest BCUT2D eigenvalue weighted by Crippen LogP contribution is -2.44. The molecule has 0 radical (unpaired) electrons. The van der Waals surface area contributed by atoms with Gasteiger partial charge in [0.1, 0.15) is 22.9 Å². The van der Waals surface area contributed by atoms with Crippen LogP contribution in [0.2, 0.25) is 0 Å². The van der Waals surface area contributed by atoms with E-state index in [9.17, 15) is 19.2 Å². The molecule has 4 heterocycles. The van der Waals surface area contributed by atoms with E-state index >= 15 is 0 Å². The molecule has 0 bridgehead atoms. The number of likely N-dealkylation sites (N-methyl/N-ethyl adjacent to an activating group) is 1. The number of anilines is 1. The summed E-state index contributed by atoms with van der Waals surface area (Å²) in [5.74, 6) is 0.194. The number of fused-ring (bicyclic) bond motifs is 1. The van der Waals surface area contributed by atoms with Crippen molar-refractivity contribution in [1.29, 1.82) is 0 Å². The molecule has 0 aliphatic carbocycles. The molecule has 0 spiro atoms. The van der Waals surface area contributed by atoms with Crippen LogP contribution in [0.15, 0.2) is 75.0 Å². The summed E-state index contributed by atoms with van der Waals surface area (Å²) in [5, 5.41) is 11.2. The fraction of sp³-hybridized carbons (Fsp3) is 0.344. The predicted molar refractivity (Wildman–Crippen MR) is 170 cm³/mol. The highest BCUT2D eigenvalue weighted by Crippen LogP contribution is 2.30. The van der Waals surface area contributed by atoms with Crippen molar-refractivity contribution < 1.29 is 14.3 Å². The van der Waals surface area contributed by atoms with Gasteiger partial charge < -0.3 is 19.5 Å². The van der Waals surface area contributed by atoms with Gasteiger partial charge in [-0.2, -0.15) is 5.10 Å². The smallest absolute Gasteiger partial charge is 0.282 e. The molecular weight excluding hydrogens is 628 g/mol. The standard InChI is InChI=1S/C32H33BrN6O5/c1-37-16-22(13-23(17-37)35-26-15-34-38(2)32(43)29(26)33)20-5-3-19(4-6-20)18-44-24-7-8-25-21(14-24)11-12-39(31(25)42)27-9-10-28(40)36-30(27)41/h3-8,11-12,14-15,22-23,27,35H,9-10,13,16-18H2,1-2H3,(H,36,40,41)/t22-,23+,27?/m0/s1. The van der Waals surface area contributed by atoms with E-state index < -0.39 is 11.9 Å². The molecular formula is C32H33BrN6O5. The molecule has 2 aromatic heterocycles. The Morgan fingerprint density at radius 2 is 1.82 bits per heavy atom. The summed E-state index contributed by atoms with van der Waals surface area (Å²) < 4.78 is 9.25. The maximum Gasteiger partial charge on any atom is 0.282 e. The van der Waals surface area contributed by atoms with Crippen molar-refractivity contribution in [2.45, 2.75) is 43.9 Å². The molecule has 2 N–H and O–H groups in total. The summed E-state index contributed by atoms with van der Waals surface area (Å²) in [6.07, 6.45) is 4.71. The molecule has 2 fully saturated rings. The van der Waals surface area contributed by atoms with Crippen molar-refractivity contribution >= 4 is 44.2 Å². The second-order valence-electron chi connectivity index (χ2n) is 11.6. The van der Waals surface area contributed by atoms with Crippen molar-refractivity contribution in [3.8, 4) is 5.75 Å². The van der Waals surface area contributed by atoms with Gasteiger partial charge in [-0.1, -0.05) is 24.3 Å². The maximum atomic E-state index is 13.1. The van der Waals surface area contributed by atoms with Gasteiger partial charge in [0.15, 0.2) is 0 Å². The first-order valence-corrected chi connectivity index (χ1v) is 15.3. The number of carbonyl (C=O) groups is 2. The number of hydrogen-bond donors (Lipinski definition) is 2. The number of benzene rings is 2. The van der Waals surface area contributed by atoms with Gasteiger partial charge in [0.2, 0.25) is 11.8 Å². The molecule has 4 aromatic rings. The molecule has 11 nitrogen and oxygen atoms in total. The van der Waals surface area contributed by atoms with Crippen LogP contribution in [0.25, 0.3) is 10.8 Å². The van der Waals surface area contributed by atoms with Gasteiger partial charge in [0.25, 0.3) is 11.1 Å². The lowest BCUT2D eigenvalue weighted by Gasteiger charge is -2.37. The van der Waals surface area contributed by atoms with Crippen LogP contribution in [0.5, 0.6) is 5.75 Å². The number of imide groups is 1. The summed E-state index contributed by atoms with van der Waals surface area (Å²) in [6.45, 7) is 2.17. The van der Waals surface area contributed by atoms with Crippen molar-refractivity contribution in [3.05, 3.63) is 97.2 Å². The van der Waals surface area contributed by atoms with Crippen LogP contribution >= 0.6 is 15.9 Å². The molecule has 1 unspecified atom stereocenters. The first-order valence-electron chi connectivity index (χ1n) is 14.5. The van der Waals surface area contributed by atoms with Gasteiger partial charge in [0, 0.05) is 44.2 Å². The van der Waals surface area contributed by atoms with Crippen LogP contribution in [0.1, 0.15) is 42.3 Å². The highest BCUT2D eigenvalue weighted by molar-refractivity contribution is 9.10. The monoisotopic (exact) mass is 660 g/mol. The van der Waals surface area contributed by atoms with Crippen LogP contribution in [-0.4, -0.2) is 57.2 Å². The number of likely N-dealkylation sites (tertiary alicyclic amines) is 1. The number of pyridine rings is 1. The minimum atomic E-state index is -0.696. The molecule has 2 aromatic carbocycles. The number of aromatic nitrogens is 3. The number of amides is 2. The van der Waals surface area contributed by atoms with E-state index in [0.717, 1.165) is 30.5 Å². The molecule has 2 aliphatic rings. The van der Waals surface area contributed by atoms with Gasteiger partial charge in [0.05, 0.1) is 11.9 Å². The normalized spacial score (nSPS) is 20.8. The zero-order chi connectivity index (χ0) is 31.0. The molecule has 12 heteroatoms. The van der Waals surface area contributed by atoms with Crippen LogP contribution < -0.4 is 26.5 Å². The fourth-order valence-electron chi connectivity index (χ4n) is 6.07. The second-order valence-corrected chi connectivity index (χ2v) is 12.4. The Balaban J connectivity index is 1.09. The lowest BCUT2D eigenvalue weighted by atomic mass is 9.88. The zero-order valence-corrected chi connectivity index (χ0v) is 26.0. The molecule has 228 valence electrons. The summed E-state index contributed by atoms with van der Waals surface area (Å²) in [5.41, 5.74) is 2.52. The highest BCUT2D eigenvalue weighted by Gasteiger charge is 2.29. The first-order chi connectivity index (χ1) is 21.2. The average Bonchev–Trinajstić information content (AvgIpc) is 3.01. The minimum absolute atomic E-state index is 0.160. The quantitative estimate of drug-likeness (QED) is 0.289. The number of halogens is 1. The Hall–Kier alpha value is -4.29. The van der Waals surface area contributed by atoms with Crippen LogP contribution in [0.4, 0.5) is 5.69 Å². The summed E-state index contributed by atoms with van der Waals surface area (Å²) >= 11 is 3.41. The third-order valence-corrected chi connectivity index (χ3v) is 9.14. The molecule has 6 rings (SSSR count). The summed E-state index contributed by atoms with van der Waals surface area (Å²) in [4.78, 5) is 51.5. The van der Waals surface area contributed by atoms with E-state index in [0.29, 0.717) is 40.2 Å². The van der Waals surface area contributed by atoms with E-state index in [-0.39, 0.29) is 29.5 Å². The van der Waals surface area contributed by atoms with E-state index in [1.165, 1.54) is 14.8 Å². The highest BCUT2D eigenvalue weighted by atomic mass is 79.9. The van der Waals surface area contributed by atoms with Gasteiger partial charge >= 0.3 is 0 Å². The van der Waals surface area contributed by atoms with Crippen molar-refractivity contribution in [3.63, 3.8) is 0 Å². The molecule has 3 atom stereocenters. The fourth-order valence-corrected chi connectivity index (χ4v) is 6.55. The number of hydrogen-bond acceptors (Lipinski definition) is 8. The van der Waals surface area contributed by atoms with E-state index in [1.54, 1.807) is 37.6 Å². The Morgan fingerprint density at radius 1 is 1.02 bits per heavy atom. The molecule has 44 heavy (non-hydrogen) atoms.